The number of amides is 2. The molecule has 0 unspecified atom stereocenters. The second kappa shape index (κ2) is 8.21. The summed E-state index contributed by atoms with van der Waals surface area (Å²) in [5, 5.41) is 0. The van der Waals surface area contributed by atoms with Gasteiger partial charge in [-0.05, 0) is 36.8 Å². The van der Waals surface area contributed by atoms with Crippen LogP contribution >= 0.6 is 15.9 Å². The van der Waals surface area contributed by atoms with Crippen molar-refractivity contribution in [2.24, 2.45) is 0 Å². The molecule has 0 radical (unpaired) electrons. The van der Waals surface area contributed by atoms with Crippen LogP contribution in [0.2, 0.25) is 0 Å². The van der Waals surface area contributed by atoms with Crippen molar-refractivity contribution in [2.45, 2.75) is 13.0 Å². The topological polar surface area (TPSA) is 40.6 Å². The summed E-state index contributed by atoms with van der Waals surface area (Å²) in [5.41, 5.74) is 3.54. The maximum absolute atomic E-state index is 13.2. The second-order valence-corrected chi connectivity index (χ2v) is 7.97. The molecule has 0 bridgehead atoms. The van der Waals surface area contributed by atoms with Gasteiger partial charge in [-0.15, -0.1) is 0 Å². The van der Waals surface area contributed by atoms with Gasteiger partial charge in [0.1, 0.15) is 6.04 Å². The standard InChI is InChI=1S/C24H21BrN2O2/c1-17-23(28)27(15-14-26(17)24(29)19-10-7-11-20(25)16-19)22-13-6-5-12-21(22)18-8-3-2-4-9-18/h2-13,16-17H,14-15H2,1H3/t17-/m0/s1. The number of carbonyl (C=O) groups is 2. The molecule has 3 aromatic carbocycles. The molecule has 1 heterocycles. The number of carbonyl (C=O) groups excluding carboxylic acids is 2. The van der Waals surface area contributed by atoms with Crippen LogP contribution in [0.25, 0.3) is 11.1 Å². The third kappa shape index (κ3) is 3.83. The van der Waals surface area contributed by atoms with E-state index in [1.165, 1.54) is 0 Å². The maximum Gasteiger partial charge on any atom is 0.254 e. The van der Waals surface area contributed by atoms with Crippen LogP contribution in [0.1, 0.15) is 17.3 Å². The average molecular weight is 449 g/mol. The lowest BCUT2D eigenvalue weighted by Crippen LogP contribution is -2.57. The van der Waals surface area contributed by atoms with E-state index >= 15 is 0 Å². The summed E-state index contributed by atoms with van der Waals surface area (Å²) in [5.74, 6) is -0.189. The summed E-state index contributed by atoms with van der Waals surface area (Å²) in [6, 6.07) is 24.7. The third-order valence-electron chi connectivity index (χ3n) is 5.27. The molecule has 0 spiro atoms. The number of piperazine rings is 1. The summed E-state index contributed by atoms with van der Waals surface area (Å²) in [4.78, 5) is 29.7. The molecule has 3 aromatic rings. The van der Waals surface area contributed by atoms with Crippen molar-refractivity contribution >= 4 is 33.4 Å². The third-order valence-corrected chi connectivity index (χ3v) is 5.76. The Morgan fingerprint density at radius 3 is 2.41 bits per heavy atom. The quantitative estimate of drug-likeness (QED) is 0.565. The first-order valence-corrected chi connectivity index (χ1v) is 10.4. The van der Waals surface area contributed by atoms with Crippen LogP contribution in [-0.2, 0) is 4.79 Å². The summed E-state index contributed by atoms with van der Waals surface area (Å²) in [7, 11) is 0. The lowest BCUT2D eigenvalue weighted by molar-refractivity contribution is -0.124. The number of halogens is 1. The van der Waals surface area contributed by atoms with E-state index in [1.807, 2.05) is 66.7 Å². The fourth-order valence-corrected chi connectivity index (χ4v) is 4.14. The maximum atomic E-state index is 13.2. The van der Waals surface area contributed by atoms with Crippen LogP contribution in [0.3, 0.4) is 0 Å². The lowest BCUT2D eigenvalue weighted by Gasteiger charge is -2.39. The number of para-hydroxylation sites is 1. The van der Waals surface area contributed by atoms with Crippen LogP contribution < -0.4 is 4.90 Å². The largest absolute Gasteiger partial charge is 0.325 e. The van der Waals surface area contributed by atoms with E-state index in [9.17, 15) is 9.59 Å². The zero-order valence-corrected chi connectivity index (χ0v) is 17.7. The first-order chi connectivity index (χ1) is 14.1. The van der Waals surface area contributed by atoms with Gasteiger partial charge in [0.05, 0.1) is 5.69 Å². The molecule has 1 atom stereocenters. The van der Waals surface area contributed by atoms with Gasteiger partial charge in [0.15, 0.2) is 0 Å². The van der Waals surface area contributed by atoms with E-state index in [-0.39, 0.29) is 11.8 Å². The number of nitrogens with zero attached hydrogens (tertiary/aromatic N) is 2. The fraction of sp³-hybridized carbons (Fsp3) is 0.167. The molecule has 1 saturated heterocycles. The Morgan fingerprint density at radius 2 is 1.66 bits per heavy atom. The highest BCUT2D eigenvalue weighted by Gasteiger charge is 2.36. The van der Waals surface area contributed by atoms with Gasteiger partial charge in [-0.3, -0.25) is 9.59 Å². The second-order valence-electron chi connectivity index (χ2n) is 7.06. The zero-order valence-electron chi connectivity index (χ0n) is 16.1. The molecule has 146 valence electrons. The molecule has 1 aliphatic rings. The summed E-state index contributed by atoms with van der Waals surface area (Å²) < 4.78 is 0.845. The minimum Gasteiger partial charge on any atom is -0.325 e. The lowest BCUT2D eigenvalue weighted by atomic mass is 10.0. The van der Waals surface area contributed by atoms with Gasteiger partial charge >= 0.3 is 0 Å². The highest BCUT2D eigenvalue weighted by Crippen LogP contribution is 2.32. The Bertz CT molecular complexity index is 1050. The van der Waals surface area contributed by atoms with Gasteiger partial charge < -0.3 is 9.80 Å². The normalized spacial score (nSPS) is 16.8. The molecule has 0 aromatic heterocycles. The first-order valence-electron chi connectivity index (χ1n) is 9.58. The van der Waals surface area contributed by atoms with Crippen LogP contribution in [-0.4, -0.2) is 35.8 Å². The van der Waals surface area contributed by atoms with Crippen molar-refractivity contribution in [2.75, 3.05) is 18.0 Å². The number of rotatable bonds is 3. The van der Waals surface area contributed by atoms with Crippen molar-refractivity contribution in [3.63, 3.8) is 0 Å². The van der Waals surface area contributed by atoms with Gasteiger partial charge in [-0.2, -0.15) is 0 Å². The van der Waals surface area contributed by atoms with E-state index in [2.05, 4.69) is 15.9 Å². The minimum absolute atomic E-state index is 0.0667. The van der Waals surface area contributed by atoms with Crippen molar-refractivity contribution in [1.29, 1.82) is 0 Å². The van der Waals surface area contributed by atoms with Gasteiger partial charge in [-0.25, -0.2) is 0 Å². The van der Waals surface area contributed by atoms with E-state index in [0.717, 1.165) is 21.3 Å². The fourth-order valence-electron chi connectivity index (χ4n) is 3.75. The molecule has 0 aliphatic carbocycles. The summed E-state index contributed by atoms with van der Waals surface area (Å²) in [6.07, 6.45) is 0. The smallest absolute Gasteiger partial charge is 0.254 e. The predicted octanol–water partition coefficient (Wildman–Crippen LogP) is 4.99. The molecule has 0 N–H and O–H groups in total. The Kier molecular flexibility index (Phi) is 5.49. The van der Waals surface area contributed by atoms with Crippen molar-refractivity contribution in [3.8, 4) is 11.1 Å². The number of benzene rings is 3. The Hall–Kier alpha value is -2.92. The molecule has 29 heavy (non-hydrogen) atoms. The van der Waals surface area contributed by atoms with Crippen molar-refractivity contribution in [1.82, 2.24) is 4.90 Å². The highest BCUT2D eigenvalue weighted by atomic mass is 79.9. The van der Waals surface area contributed by atoms with Gasteiger partial charge in [-0.1, -0.05) is 70.5 Å². The molecule has 0 saturated carbocycles. The Morgan fingerprint density at radius 1 is 0.931 bits per heavy atom. The summed E-state index contributed by atoms with van der Waals surface area (Å²) >= 11 is 3.41. The molecule has 2 amide bonds. The van der Waals surface area contributed by atoms with Crippen LogP contribution in [0.5, 0.6) is 0 Å². The molecule has 4 rings (SSSR count). The monoisotopic (exact) mass is 448 g/mol. The van der Waals surface area contributed by atoms with Crippen molar-refractivity contribution < 1.29 is 9.59 Å². The number of hydrogen-bond acceptors (Lipinski definition) is 2. The molecule has 4 nitrogen and oxygen atoms in total. The molecular weight excluding hydrogens is 428 g/mol. The number of anilines is 1. The van der Waals surface area contributed by atoms with E-state index < -0.39 is 6.04 Å². The first kappa shape index (κ1) is 19.4. The zero-order chi connectivity index (χ0) is 20.4. The van der Waals surface area contributed by atoms with E-state index in [4.69, 9.17) is 0 Å². The average Bonchev–Trinajstić information content (AvgIpc) is 2.76. The number of hydrogen-bond donors (Lipinski definition) is 0. The van der Waals surface area contributed by atoms with Crippen LogP contribution in [0.4, 0.5) is 5.69 Å². The molecular formula is C24H21BrN2O2. The van der Waals surface area contributed by atoms with E-state index in [1.54, 1.807) is 28.9 Å². The van der Waals surface area contributed by atoms with Gasteiger partial charge in [0.25, 0.3) is 5.91 Å². The minimum atomic E-state index is -0.529. The molecule has 1 aliphatic heterocycles. The Labute approximate surface area is 178 Å². The van der Waals surface area contributed by atoms with Crippen LogP contribution in [0.15, 0.2) is 83.3 Å². The predicted molar refractivity (Wildman–Crippen MR) is 119 cm³/mol. The highest BCUT2D eigenvalue weighted by molar-refractivity contribution is 9.10. The molecule has 1 fully saturated rings. The summed E-state index contributed by atoms with van der Waals surface area (Å²) in [6.45, 7) is 2.75. The van der Waals surface area contributed by atoms with E-state index in [0.29, 0.717) is 18.7 Å². The van der Waals surface area contributed by atoms with Gasteiger partial charge in [0, 0.05) is 28.7 Å². The molecule has 5 heteroatoms. The van der Waals surface area contributed by atoms with Crippen LogP contribution in [0, 0.1) is 0 Å². The van der Waals surface area contributed by atoms with Crippen molar-refractivity contribution in [3.05, 3.63) is 88.9 Å². The van der Waals surface area contributed by atoms with Gasteiger partial charge in [0.2, 0.25) is 5.91 Å². The Balaban J connectivity index is 1.61. The SMILES string of the molecule is C[C@H]1C(=O)N(c2ccccc2-c2ccccc2)CCN1C(=O)c1cccc(Br)c1.